The minimum absolute atomic E-state index is 0.00504. The third kappa shape index (κ3) is 5.19. The van der Waals surface area contributed by atoms with Gasteiger partial charge in [0, 0.05) is 15.8 Å². The summed E-state index contributed by atoms with van der Waals surface area (Å²) < 4.78 is 65.5. The van der Waals surface area contributed by atoms with E-state index in [-0.39, 0.29) is 20.6 Å². The highest BCUT2D eigenvalue weighted by Gasteiger charge is 2.31. The molecule has 0 spiro atoms. The van der Waals surface area contributed by atoms with Gasteiger partial charge in [-0.05, 0) is 70.5 Å². The number of hydrogen-bond donors (Lipinski definition) is 2. The van der Waals surface area contributed by atoms with E-state index in [0.29, 0.717) is 5.69 Å². The number of benzene rings is 3. The number of carbonyl (C=O) groups is 1. The van der Waals surface area contributed by atoms with Crippen LogP contribution in [0.1, 0.15) is 15.9 Å². The van der Waals surface area contributed by atoms with Gasteiger partial charge in [0.2, 0.25) is 0 Å². The highest BCUT2D eigenvalue weighted by Crippen LogP contribution is 2.32. The van der Waals surface area contributed by atoms with Crippen LogP contribution in [0.2, 0.25) is 0 Å². The standard InChI is InChI=1S/C20H14BrF3N2O3S/c21-18-12-13(20(22,23)24)6-11-17(18)19(27)25-14-7-9-16(10-8-14)30(28,29)26-15-4-2-1-3-5-15/h1-12,26H,(H,25,27). The summed E-state index contributed by atoms with van der Waals surface area (Å²) in [6.07, 6.45) is -4.52. The Labute approximate surface area is 179 Å². The van der Waals surface area contributed by atoms with Crippen LogP contribution in [0.4, 0.5) is 24.5 Å². The van der Waals surface area contributed by atoms with Gasteiger partial charge < -0.3 is 5.32 Å². The fraction of sp³-hybridized carbons (Fsp3) is 0.0500. The number of carbonyl (C=O) groups excluding carboxylic acids is 1. The zero-order valence-electron chi connectivity index (χ0n) is 15.1. The molecule has 156 valence electrons. The largest absolute Gasteiger partial charge is 0.416 e. The minimum atomic E-state index is -4.52. The van der Waals surface area contributed by atoms with E-state index in [2.05, 4.69) is 26.0 Å². The first-order chi connectivity index (χ1) is 14.1. The minimum Gasteiger partial charge on any atom is -0.322 e. The Morgan fingerprint density at radius 1 is 0.867 bits per heavy atom. The fourth-order valence-electron chi connectivity index (χ4n) is 2.51. The molecule has 3 aromatic rings. The maximum atomic E-state index is 12.7. The Hall–Kier alpha value is -2.85. The molecular formula is C20H14BrF3N2O3S. The zero-order valence-corrected chi connectivity index (χ0v) is 17.5. The van der Waals surface area contributed by atoms with Gasteiger partial charge in [-0.3, -0.25) is 9.52 Å². The SMILES string of the molecule is O=C(Nc1ccc(S(=O)(=O)Nc2ccccc2)cc1)c1ccc(C(F)(F)F)cc1Br. The van der Waals surface area contributed by atoms with Crippen molar-refractivity contribution in [2.45, 2.75) is 11.1 Å². The fourth-order valence-corrected chi connectivity index (χ4v) is 4.13. The topological polar surface area (TPSA) is 75.3 Å². The first-order valence-corrected chi connectivity index (χ1v) is 10.7. The highest BCUT2D eigenvalue weighted by molar-refractivity contribution is 9.10. The number of anilines is 2. The quantitative estimate of drug-likeness (QED) is 0.486. The molecule has 0 aliphatic carbocycles. The summed E-state index contributed by atoms with van der Waals surface area (Å²) in [7, 11) is -3.81. The number of para-hydroxylation sites is 1. The maximum Gasteiger partial charge on any atom is 0.416 e. The van der Waals surface area contributed by atoms with Crippen molar-refractivity contribution in [2.75, 3.05) is 10.0 Å². The van der Waals surface area contributed by atoms with Crippen molar-refractivity contribution in [3.63, 3.8) is 0 Å². The van der Waals surface area contributed by atoms with Gasteiger partial charge >= 0.3 is 6.18 Å². The second-order valence-electron chi connectivity index (χ2n) is 6.14. The van der Waals surface area contributed by atoms with E-state index in [0.717, 1.165) is 18.2 Å². The van der Waals surface area contributed by atoms with Crippen LogP contribution in [-0.4, -0.2) is 14.3 Å². The number of nitrogens with one attached hydrogen (secondary N) is 2. The van der Waals surface area contributed by atoms with Crippen LogP contribution >= 0.6 is 15.9 Å². The Bertz CT molecular complexity index is 1170. The lowest BCUT2D eigenvalue weighted by Gasteiger charge is -2.11. The average Bonchev–Trinajstić information content (AvgIpc) is 2.68. The second-order valence-corrected chi connectivity index (χ2v) is 8.68. The Balaban J connectivity index is 1.73. The number of hydrogen-bond acceptors (Lipinski definition) is 3. The molecule has 0 atom stereocenters. The van der Waals surface area contributed by atoms with Gasteiger partial charge in [0.05, 0.1) is 16.0 Å². The number of sulfonamides is 1. The van der Waals surface area contributed by atoms with Crippen LogP contribution in [0.25, 0.3) is 0 Å². The van der Waals surface area contributed by atoms with Gasteiger partial charge in [-0.15, -0.1) is 0 Å². The van der Waals surface area contributed by atoms with Gasteiger partial charge in [0.1, 0.15) is 0 Å². The predicted octanol–water partition coefficient (Wildman–Crippen LogP) is 5.52. The van der Waals surface area contributed by atoms with Crippen molar-refractivity contribution < 1.29 is 26.4 Å². The monoisotopic (exact) mass is 498 g/mol. The van der Waals surface area contributed by atoms with Crippen LogP contribution < -0.4 is 10.0 Å². The van der Waals surface area contributed by atoms with Crippen molar-refractivity contribution in [1.82, 2.24) is 0 Å². The van der Waals surface area contributed by atoms with Crippen molar-refractivity contribution in [3.05, 3.63) is 88.4 Å². The molecule has 0 heterocycles. The second kappa shape index (κ2) is 8.49. The smallest absolute Gasteiger partial charge is 0.322 e. The van der Waals surface area contributed by atoms with Gasteiger partial charge in [0.25, 0.3) is 15.9 Å². The van der Waals surface area contributed by atoms with Crippen LogP contribution in [-0.2, 0) is 16.2 Å². The Morgan fingerprint density at radius 3 is 2.07 bits per heavy atom. The van der Waals surface area contributed by atoms with Crippen molar-refractivity contribution in [1.29, 1.82) is 0 Å². The van der Waals surface area contributed by atoms with Crippen LogP contribution in [0, 0.1) is 0 Å². The molecule has 10 heteroatoms. The van der Waals surface area contributed by atoms with Gasteiger partial charge in [-0.2, -0.15) is 13.2 Å². The lowest BCUT2D eigenvalue weighted by Crippen LogP contribution is -2.15. The molecule has 0 saturated carbocycles. The molecule has 0 aromatic heterocycles. The Kier molecular flexibility index (Phi) is 6.18. The third-order valence-electron chi connectivity index (χ3n) is 3.99. The first kappa shape index (κ1) is 21.8. The summed E-state index contributed by atoms with van der Waals surface area (Å²) >= 11 is 2.97. The molecule has 3 aromatic carbocycles. The maximum absolute atomic E-state index is 12.7. The number of alkyl halides is 3. The van der Waals surface area contributed by atoms with Gasteiger partial charge in [-0.25, -0.2) is 8.42 Å². The molecule has 0 saturated heterocycles. The normalized spacial score (nSPS) is 11.7. The molecule has 0 aliphatic heterocycles. The van der Waals surface area contributed by atoms with Crippen molar-refractivity contribution >= 4 is 43.2 Å². The molecule has 5 nitrogen and oxygen atoms in total. The summed E-state index contributed by atoms with van der Waals surface area (Å²) in [5.41, 5.74) is -0.190. The van der Waals surface area contributed by atoms with E-state index in [1.165, 1.54) is 24.3 Å². The lowest BCUT2D eigenvalue weighted by atomic mass is 10.1. The van der Waals surface area contributed by atoms with E-state index < -0.39 is 27.7 Å². The lowest BCUT2D eigenvalue weighted by molar-refractivity contribution is -0.137. The third-order valence-corrected chi connectivity index (χ3v) is 6.04. The zero-order chi connectivity index (χ0) is 21.9. The molecular weight excluding hydrogens is 485 g/mol. The van der Waals surface area contributed by atoms with Crippen LogP contribution in [0.15, 0.2) is 82.2 Å². The van der Waals surface area contributed by atoms with Crippen LogP contribution in [0.5, 0.6) is 0 Å². The predicted molar refractivity (Wildman–Crippen MR) is 111 cm³/mol. The summed E-state index contributed by atoms with van der Waals surface area (Å²) in [6.45, 7) is 0. The van der Waals surface area contributed by atoms with E-state index in [1.807, 2.05) is 0 Å². The molecule has 30 heavy (non-hydrogen) atoms. The van der Waals surface area contributed by atoms with E-state index in [4.69, 9.17) is 0 Å². The summed E-state index contributed by atoms with van der Waals surface area (Å²) in [5, 5.41) is 2.52. The average molecular weight is 499 g/mol. The van der Waals surface area contributed by atoms with Crippen molar-refractivity contribution in [2.24, 2.45) is 0 Å². The summed E-state index contributed by atoms with van der Waals surface area (Å²) in [4.78, 5) is 12.4. The molecule has 1 amide bonds. The molecule has 0 bridgehead atoms. The number of halogens is 4. The summed E-state index contributed by atoms with van der Waals surface area (Å²) in [5.74, 6) is -0.645. The molecule has 0 unspecified atom stereocenters. The molecule has 2 N–H and O–H groups in total. The van der Waals surface area contributed by atoms with Gasteiger partial charge in [-0.1, -0.05) is 18.2 Å². The number of amides is 1. The van der Waals surface area contributed by atoms with Crippen LogP contribution in [0.3, 0.4) is 0 Å². The molecule has 0 aliphatic rings. The number of rotatable bonds is 5. The highest BCUT2D eigenvalue weighted by atomic mass is 79.9. The van der Waals surface area contributed by atoms with E-state index >= 15 is 0 Å². The summed E-state index contributed by atoms with van der Waals surface area (Å²) in [6, 6.07) is 16.4. The van der Waals surface area contributed by atoms with E-state index in [9.17, 15) is 26.4 Å². The van der Waals surface area contributed by atoms with Crippen molar-refractivity contribution in [3.8, 4) is 0 Å². The molecule has 3 rings (SSSR count). The molecule has 0 radical (unpaired) electrons. The first-order valence-electron chi connectivity index (χ1n) is 8.42. The molecule has 0 fully saturated rings. The van der Waals surface area contributed by atoms with Gasteiger partial charge in [0.15, 0.2) is 0 Å². The Morgan fingerprint density at radius 2 is 1.50 bits per heavy atom. The van der Waals surface area contributed by atoms with E-state index in [1.54, 1.807) is 30.3 Å².